The molecule has 202 valence electrons. The van der Waals surface area contributed by atoms with Crippen LogP contribution in [0.3, 0.4) is 0 Å². The van der Waals surface area contributed by atoms with Crippen molar-refractivity contribution in [1.82, 2.24) is 14.8 Å². The third-order valence-corrected chi connectivity index (χ3v) is 7.47. The fourth-order valence-corrected chi connectivity index (χ4v) is 4.94. The van der Waals surface area contributed by atoms with E-state index in [2.05, 4.69) is 16.8 Å². The first kappa shape index (κ1) is 27.6. The smallest absolute Gasteiger partial charge is 0.259 e. The lowest BCUT2D eigenvalue weighted by Gasteiger charge is -2.37. The highest BCUT2D eigenvalue weighted by molar-refractivity contribution is 5.97. The Balaban J connectivity index is 1.60. The summed E-state index contributed by atoms with van der Waals surface area (Å²) in [6.45, 7) is 4.25. The van der Waals surface area contributed by atoms with Crippen molar-refractivity contribution in [3.63, 3.8) is 0 Å². The van der Waals surface area contributed by atoms with Gasteiger partial charge in [0, 0.05) is 31.3 Å². The van der Waals surface area contributed by atoms with E-state index in [-0.39, 0.29) is 42.2 Å². The minimum atomic E-state index is -1.00. The molecule has 1 aromatic carbocycles. The molecule has 0 bridgehead atoms. The van der Waals surface area contributed by atoms with Crippen LogP contribution in [-0.2, 0) is 11.2 Å². The molecule has 2 heterocycles. The van der Waals surface area contributed by atoms with Gasteiger partial charge in [0.05, 0.1) is 25.6 Å². The molecule has 3 atom stereocenters. The number of hydrogen-bond acceptors (Lipinski definition) is 6. The van der Waals surface area contributed by atoms with Crippen molar-refractivity contribution in [1.29, 1.82) is 0 Å². The molecular formula is C30H37N3O5. The number of likely N-dealkylation sites (N-methyl/N-ethyl adjacent to an activating group) is 1. The van der Waals surface area contributed by atoms with E-state index in [4.69, 9.17) is 4.74 Å². The van der Waals surface area contributed by atoms with E-state index in [0.717, 1.165) is 18.4 Å². The van der Waals surface area contributed by atoms with Crippen LogP contribution in [-0.4, -0.2) is 81.3 Å². The summed E-state index contributed by atoms with van der Waals surface area (Å²) in [6, 6.07) is 10.8. The molecule has 0 spiro atoms. The lowest BCUT2D eigenvalue weighted by molar-refractivity contribution is -0.130. The Morgan fingerprint density at radius 3 is 2.68 bits per heavy atom. The van der Waals surface area contributed by atoms with Gasteiger partial charge in [0.25, 0.3) is 5.91 Å². The number of pyridine rings is 1. The molecule has 1 fully saturated rings. The SMILES string of the molecule is C[C@H]1CN([C@@H](C)CO)C(=O)c2cc(C#CC3(O)CCCC3)cnc2O[C@H]1CN(C)C(=O)Cc1ccccc1. The van der Waals surface area contributed by atoms with Gasteiger partial charge in [-0.1, -0.05) is 49.1 Å². The van der Waals surface area contributed by atoms with Crippen molar-refractivity contribution in [3.05, 3.63) is 59.3 Å². The van der Waals surface area contributed by atoms with Gasteiger partial charge in [0.15, 0.2) is 0 Å². The van der Waals surface area contributed by atoms with E-state index in [0.29, 0.717) is 31.5 Å². The fraction of sp³-hybridized carbons (Fsp3) is 0.500. The molecule has 8 nitrogen and oxygen atoms in total. The molecule has 38 heavy (non-hydrogen) atoms. The van der Waals surface area contributed by atoms with Crippen molar-refractivity contribution in [2.24, 2.45) is 5.92 Å². The number of hydrogen-bond donors (Lipinski definition) is 2. The van der Waals surface area contributed by atoms with Gasteiger partial charge in [-0.15, -0.1) is 0 Å². The van der Waals surface area contributed by atoms with Crippen LogP contribution in [0.5, 0.6) is 5.88 Å². The number of carbonyl (C=O) groups excluding carboxylic acids is 2. The van der Waals surface area contributed by atoms with Crippen LogP contribution in [0.2, 0.25) is 0 Å². The van der Waals surface area contributed by atoms with E-state index in [1.54, 1.807) is 36.0 Å². The topological polar surface area (TPSA) is 103 Å². The van der Waals surface area contributed by atoms with E-state index in [9.17, 15) is 19.8 Å². The number of aliphatic hydroxyl groups excluding tert-OH is 1. The summed E-state index contributed by atoms with van der Waals surface area (Å²) >= 11 is 0. The molecule has 2 N–H and O–H groups in total. The van der Waals surface area contributed by atoms with Crippen molar-refractivity contribution in [2.45, 2.75) is 63.7 Å². The number of amides is 2. The lowest BCUT2D eigenvalue weighted by atomic mass is 9.99. The average molecular weight is 520 g/mol. The van der Waals surface area contributed by atoms with E-state index < -0.39 is 17.7 Å². The number of ether oxygens (including phenoxy) is 1. The molecule has 2 aromatic rings. The molecule has 0 radical (unpaired) electrons. The number of nitrogens with zero attached hydrogens (tertiary/aromatic N) is 3. The molecule has 4 rings (SSSR count). The standard InChI is InChI=1S/C30H37N3O5/c1-21-18-33(22(2)20-34)29(36)25-15-24(11-14-30(37)12-7-8-13-30)17-31-28(25)38-26(21)19-32(3)27(35)16-23-9-5-4-6-10-23/h4-6,9-10,15,17,21-22,26,34,37H,7-8,12-13,16,18-20H2,1-3H3/t21-,22-,26-/m0/s1. The van der Waals surface area contributed by atoms with Crippen LogP contribution in [0.15, 0.2) is 42.6 Å². The summed E-state index contributed by atoms with van der Waals surface area (Å²) in [4.78, 5) is 34.2. The van der Waals surface area contributed by atoms with Crippen molar-refractivity contribution < 1.29 is 24.5 Å². The Bertz CT molecular complexity index is 1200. The quantitative estimate of drug-likeness (QED) is 0.569. The van der Waals surface area contributed by atoms with Crippen LogP contribution in [0.4, 0.5) is 0 Å². The van der Waals surface area contributed by atoms with Crippen LogP contribution in [0.25, 0.3) is 0 Å². The van der Waals surface area contributed by atoms with Gasteiger partial charge in [-0.3, -0.25) is 9.59 Å². The fourth-order valence-electron chi connectivity index (χ4n) is 4.94. The first-order valence-corrected chi connectivity index (χ1v) is 13.3. The summed E-state index contributed by atoms with van der Waals surface area (Å²) < 4.78 is 6.29. The van der Waals surface area contributed by atoms with Gasteiger partial charge in [-0.25, -0.2) is 4.98 Å². The van der Waals surface area contributed by atoms with Gasteiger partial charge in [0.1, 0.15) is 17.3 Å². The van der Waals surface area contributed by atoms with Crippen LogP contribution in [0.1, 0.15) is 61.0 Å². The Hall–Kier alpha value is -3.41. The second-order valence-corrected chi connectivity index (χ2v) is 10.6. The van der Waals surface area contributed by atoms with Gasteiger partial charge >= 0.3 is 0 Å². The molecular weight excluding hydrogens is 482 g/mol. The normalized spacial score (nSPS) is 21.3. The van der Waals surface area contributed by atoms with Crippen molar-refractivity contribution in [3.8, 4) is 17.7 Å². The zero-order chi connectivity index (χ0) is 27.3. The zero-order valence-electron chi connectivity index (χ0n) is 22.4. The van der Waals surface area contributed by atoms with Crippen LogP contribution >= 0.6 is 0 Å². The Morgan fingerprint density at radius 1 is 1.29 bits per heavy atom. The number of rotatable bonds is 6. The molecule has 0 saturated heterocycles. The first-order valence-electron chi connectivity index (χ1n) is 13.3. The zero-order valence-corrected chi connectivity index (χ0v) is 22.4. The molecule has 1 aromatic heterocycles. The van der Waals surface area contributed by atoms with Gasteiger partial charge in [-0.05, 0) is 44.2 Å². The maximum Gasteiger partial charge on any atom is 0.259 e. The monoisotopic (exact) mass is 519 g/mol. The minimum Gasteiger partial charge on any atom is -0.472 e. The maximum absolute atomic E-state index is 13.6. The molecule has 1 saturated carbocycles. The molecule has 2 aliphatic rings. The second kappa shape index (κ2) is 12.0. The van der Waals surface area contributed by atoms with Gasteiger partial charge in [0.2, 0.25) is 11.8 Å². The highest BCUT2D eigenvalue weighted by Gasteiger charge is 2.35. The molecule has 2 amide bonds. The average Bonchev–Trinajstić information content (AvgIpc) is 3.36. The van der Waals surface area contributed by atoms with Crippen LogP contribution < -0.4 is 4.74 Å². The Morgan fingerprint density at radius 2 is 2.00 bits per heavy atom. The number of fused-ring (bicyclic) bond motifs is 1. The van der Waals surface area contributed by atoms with Gasteiger partial charge in [-0.2, -0.15) is 0 Å². The van der Waals surface area contributed by atoms with Crippen molar-refractivity contribution >= 4 is 11.8 Å². The van der Waals surface area contributed by atoms with Crippen LogP contribution in [0, 0.1) is 17.8 Å². The second-order valence-electron chi connectivity index (χ2n) is 10.6. The molecule has 1 aliphatic carbocycles. The summed E-state index contributed by atoms with van der Waals surface area (Å²) in [6.07, 6.45) is 4.56. The third-order valence-electron chi connectivity index (χ3n) is 7.47. The van der Waals surface area contributed by atoms with Crippen molar-refractivity contribution in [2.75, 3.05) is 26.7 Å². The summed E-state index contributed by atoms with van der Waals surface area (Å²) in [5, 5.41) is 20.5. The summed E-state index contributed by atoms with van der Waals surface area (Å²) in [7, 11) is 1.75. The summed E-state index contributed by atoms with van der Waals surface area (Å²) in [5.74, 6) is 5.67. The summed E-state index contributed by atoms with van der Waals surface area (Å²) in [5.41, 5.74) is 0.704. The molecule has 0 unspecified atom stereocenters. The Kier molecular flexibility index (Phi) is 8.70. The third kappa shape index (κ3) is 6.53. The van der Waals surface area contributed by atoms with Gasteiger partial charge < -0.3 is 24.7 Å². The number of carbonyl (C=O) groups is 2. The number of benzene rings is 1. The largest absolute Gasteiger partial charge is 0.472 e. The highest BCUT2D eigenvalue weighted by Crippen LogP contribution is 2.30. The van der Waals surface area contributed by atoms with E-state index >= 15 is 0 Å². The minimum absolute atomic E-state index is 0.0330. The lowest BCUT2D eigenvalue weighted by Crippen LogP contribution is -2.50. The maximum atomic E-state index is 13.6. The van der Waals surface area contributed by atoms with E-state index in [1.807, 2.05) is 37.3 Å². The number of aliphatic hydroxyl groups is 2. The highest BCUT2D eigenvalue weighted by atomic mass is 16.5. The van der Waals surface area contributed by atoms with E-state index in [1.165, 1.54) is 0 Å². The number of aromatic nitrogens is 1. The predicted molar refractivity (Wildman–Crippen MR) is 143 cm³/mol. The molecule has 8 heteroatoms. The first-order chi connectivity index (χ1) is 18.2. The predicted octanol–water partition coefficient (Wildman–Crippen LogP) is 2.66. The molecule has 1 aliphatic heterocycles. The Labute approximate surface area is 224 Å².